The Morgan fingerprint density at radius 2 is 2.11 bits per heavy atom. The third-order valence-corrected chi connectivity index (χ3v) is 3.70. The molecule has 0 fully saturated rings. The van der Waals surface area contributed by atoms with Crippen LogP contribution in [0.2, 0.25) is 0 Å². The molecule has 2 aromatic rings. The van der Waals surface area contributed by atoms with Gasteiger partial charge in [0, 0.05) is 18.5 Å². The van der Waals surface area contributed by atoms with E-state index >= 15 is 0 Å². The van der Waals surface area contributed by atoms with Crippen molar-refractivity contribution in [2.24, 2.45) is 5.92 Å². The topological polar surface area (TPSA) is 17.8 Å². The van der Waals surface area contributed by atoms with Crippen molar-refractivity contribution in [1.29, 1.82) is 0 Å². The second kappa shape index (κ2) is 4.23. The van der Waals surface area contributed by atoms with Crippen LogP contribution >= 0.6 is 0 Å². The average molecular weight is 244 g/mol. The molecule has 3 heteroatoms. The fourth-order valence-corrected chi connectivity index (χ4v) is 2.79. The summed E-state index contributed by atoms with van der Waals surface area (Å²) in [7, 11) is 0. The Hall–Kier alpha value is -1.64. The van der Waals surface area contributed by atoms with Crippen molar-refractivity contribution < 1.29 is 4.39 Å². The Bertz CT molecular complexity index is 586. The lowest BCUT2D eigenvalue weighted by Gasteiger charge is -2.22. The zero-order chi connectivity index (χ0) is 12.7. The fourth-order valence-electron chi connectivity index (χ4n) is 2.79. The van der Waals surface area contributed by atoms with Crippen LogP contribution in [0.5, 0.6) is 0 Å². The molecule has 0 saturated heterocycles. The first-order chi connectivity index (χ1) is 8.66. The van der Waals surface area contributed by atoms with Gasteiger partial charge in [-0.1, -0.05) is 19.1 Å². The number of hydrogen-bond donors (Lipinski definition) is 0. The number of halogens is 1. The molecule has 0 radical (unpaired) electrons. The molecule has 18 heavy (non-hydrogen) atoms. The van der Waals surface area contributed by atoms with Crippen molar-refractivity contribution in [2.45, 2.75) is 33.2 Å². The maximum atomic E-state index is 14.0. The summed E-state index contributed by atoms with van der Waals surface area (Å²) in [5.41, 5.74) is 2.56. The van der Waals surface area contributed by atoms with Crippen molar-refractivity contribution in [2.75, 3.05) is 0 Å². The minimum Gasteiger partial charge on any atom is -0.327 e. The highest BCUT2D eigenvalue weighted by atomic mass is 19.1. The van der Waals surface area contributed by atoms with Gasteiger partial charge in [-0.2, -0.15) is 0 Å². The number of aromatic nitrogens is 2. The molecule has 0 bridgehead atoms. The Labute approximate surface area is 106 Å². The molecule has 0 aliphatic carbocycles. The second-order valence-corrected chi connectivity index (χ2v) is 5.20. The summed E-state index contributed by atoms with van der Waals surface area (Å²) in [4.78, 5) is 4.60. The van der Waals surface area contributed by atoms with Crippen LogP contribution in [0, 0.1) is 18.7 Å². The standard InChI is InChI=1S/C15H17FN2/c1-10-7-8-14-17-11(2)15(18(14)9-10)12-5-3-4-6-13(12)16/h3-6,10H,7-9H2,1-2H3. The number of imidazole rings is 1. The molecule has 1 unspecified atom stereocenters. The summed E-state index contributed by atoms with van der Waals surface area (Å²) in [5, 5.41) is 0. The van der Waals surface area contributed by atoms with Gasteiger partial charge in [-0.15, -0.1) is 0 Å². The molecule has 1 atom stereocenters. The monoisotopic (exact) mass is 244 g/mol. The molecule has 1 aromatic heterocycles. The molecule has 94 valence electrons. The van der Waals surface area contributed by atoms with Gasteiger partial charge in [0.1, 0.15) is 11.6 Å². The van der Waals surface area contributed by atoms with E-state index in [0.29, 0.717) is 11.5 Å². The zero-order valence-corrected chi connectivity index (χ0v) is 10.8. The maximum Gasteiger partial charge on any atom is 0.132 e. The number of hydrogen-bond acceptors (Lipinski definition) is 1. The first-order valence-corrected chi connectivity index (χ1v) is 6.47. The van der Waals surface area contributed by atoms with Crippen molar-refractivity contribution in [3.63, 3.8) is 0 Å². The lowest BCUT2D eigenvalue weighted by atomic mass is 10.0. The predicted molar refractivity (Wildman–Crippen MR) is 69.8 cm³/mol. The van der Waals surface area contributed by atoms with Crippen LogP contribution in [-0.4, -0.2) is 9.55 Å². The van der Waals surface area contributed by atoms with E-state index < -0.39 is 0 Å². The predicted octanol–water partition coefficient (Wildman–Crippen LogP) is 3.58. The molecule has 0 N–H and O–H groups in total. The van der Waals surface area contributed by atoms with E-state index in [4.69, 9.17) is 0 Å². The zero-order valence-electron chi connectivity index (χ0n) is 10.8. The van der Waals surface area contributed by atoms with E-state index in [9.17, 15) is 4.39 Å². The van der Waals surface area contributed by atoms with Crippen LogP contribution in [0.4, 0.5) is 4.39 Å². The quantitative estimate of drug-likeness (QED) is 0.749. The first kappa shape index (κ1) is 11.5. The maximum absolute atomic E-state index is 14.0. The van der Waals surface area contributed by atoms with Gasteiger partial charge in [0.15, 0.2) is 0 Å². The number of fused-ring (bicyclic) bond motifs is 1. The third-order valence-electron chi connectivity index (χ3n) is 3.70. The summed E-state index contributed by atoms with van der Waals surface area (Å²) in [6.07, 6.45) is 2.17. The van der Waals surface area contributed by atoms with Crippen molar-refractivity contribution in [3.05, 3.63) is 41.6 Å². The number of benzene rings is 1. The highest BCUT2D eigenvalue weighted by Gasteiger charge is 2.23. The van der Waals surface area contributed by atoms with Gasteiger partial charge in [-0.05, 0) is 31.4 Å². The molecule has 1 aliphatic rings. The van der Waals surface area contributed by atoms with Gasteiger partial charge in [-0.25, -0.2) is 9.37 Å². The molecule has 1 aliphatic heterocycles. The SMILES string of the molecule is Cc1nc2n(c1-c1ccccc1F)CC(C)CC2. The van der Waals surface area contributed by atoms with E-state index in [-0.39, 0.29) is 5.82 Å². The van der Waals surface area contributed by atoms with Gasteiger partial charge in [0.2, 0.25) is 0 Å². The van der Waals surface area contributed by atoms with Crippen LogP contribution in [0.25, 0.3) is 11.3 Å². The first-order valence-electron chi connectivity index (χ1n) is 6.47. The van der Waals surface area contributed by atoms with E-state index in [1.807, 2.05) is 19.1 Å². The minimum absolute atomic E-state index is 0.165. The Kier molecular flexibility index (Phi) is 2.69. The van der Waals surface area contributed by atoms with Crippen LogP contribution in [-0.2, 0) is 13.0 Å². The smallest absolute Gasteiger partial charge is 0.132 e. The van der Waals surface area contributed by atoms with E-state index in [2.05, 4.69) is 16.5 Å². The third kappa shape index (κ3) is 1.74. The highest BCUT2D eigenvalue weighted by Crippen LogP contribution is 2.31. The Morgan fingerprint density at radius 1 is 1.33 bits per heavy atom. The molecule has 2 nitrogen and oxygen atoms in total. The van der Waals surface area contributed by atoms with E-state index in [1.165, 1.54) is 12.5 Å². The molecule has 0 spiro atoms. The average Bonchev–Trinajstić information content (AvgIpc) is 2.66. The summed E-state index contributed by atoms with van der Waals surface area (Å²) in [6.45, 7) is 5.15. The van der Waals surface area contributed by atoms with Crippen molar-refractivity contribution in [1.82, 2.24) is 9.55 Å². The summed E-state index contributed by atoms with van der Waals surface area (Å²) in [6, 6.07) is 6.96. The van der Waals surface area contributed by atoms with E-state index in [0.717, 1.165) is 30.2 Å². The lowest BCUT2D eigenvalue weighted by Crippen LogP contribution is -2.18. The molecule has 3 rings (SSSR count). The lowest BCUT2D eigenvalue weighted by molar-refractivity contribution is 0.396. The van der Waals surface area contributed by atoms with Crippen LogP contribution in [0.15, 0.2) is 24.3 Å². The molecule has 2 heterocycles. The number of rotatable bonds is 1. The largest absolute Gasteiger partial charge is 0.327 e. The van der Waals surface area contributed by atoms with Gasteiger partial charge in [0.25, 0.3) is 0 Å². The normalized spacial score (nSPS) is 18.7. The molecule has 0 amide bonds. The summed E-state index contributed by atoms with van der Waals surface area (Å²) < 4.78 is 16.2. The Morgan fingerprint density at radius 3 is 2.89 bits per heavy atom. The number of aryl methyl sites for hydroxylation is 2. The van der Waals surface area contributed by atoms with E-state index in [1.54, 1.807) is 6.07 Å². The molecular formula is C15H17FN2. The molecule has 1 aromatic carbocycles. The number of nitrogens with zero attached hydrogens (tertiary/aromatic N) is 2. The summed E-state index contributed by atoms with van der Waals surface area (Å²) in [5.74, 6) is 1.57. The van der Waals surface area contributed by atoms with Crippen LogP contribution in [0.1, 0.15) is 24.9 Å². The van der Waals surface area contributed by atoms with Crippen molar-refractivity contribution >= 4 is 0 Å². The minimum atomic E-state index is -0.165. The van der Waals surface area contributed by atoms with Crippen LogP contribution in [0.3, 0.4) is 0 Å². The van der Waals surface area contributed by atoms with Gasteiger partial charge < -0.3 is 4.57 Å². The molecule has 0 saturated carbocycles. The molecular weight excluding hydrogens is 227 g/mol. The van der Waals surface area contributed by atoms with Crippen LogP contribution < -0.4 is 0 Å². The summed E-state index contributed by atoms with van der Waals surface area (Å²) >= 11 is 0. The van der Waals surface area contributed by atoms with Crippen molar-refractivity contribution in [3.8, 4) is 11.3 Å². The van der Waals surface area contributed by atoms with Gasteiger partial charge in [-0.3, -0.25) is 0 Å². The Balaban J connectivity index is 2.18. The fraction of sp³-hybridized carbons (Fsp3) is 0.400. The highest BCUT2D eigenvalue weighted by molar-refractivity contribution is 5.63. The van der Waals surface area contributed by atoms with Gasteiger partial charge >= 0.3 is 0 Å². The second-order valence-electron chi connectivity index (χ2n) is 5.20. The van der Waals surface area contributed by atoms with Gasteiger partial charge in [0.05, 0.1) is 11.4 Å².